The van der Waals surface area contributed by atoms with E-state index < -0.39 is 5.82 Å². The molecule has 0 radical (unpaired) electrons. The summed E-state index contributed by atoms with van der Waals surface area (Å²) < 4.78 is 18.6. The maximum absolute atomic E-state index is 13.4. The fourth-order valence-corrected chi connectivity index (χ4v) is 3.95. The molecule has 0 bridgehead atoms. The summed E-state index contributed by atoms with van der Waals surface area (Å²) in [6, 6.07) is 1.39. The summed E-state index contributed by atoms with van der Waals surface area (Å²) in [5.41, 5.74) is 1.95. The van der Waals surface area contributed by atoms with Gasteiger partial charge in [-0.1, -0.05) is 5.57 Å². The van der Waals surface area contributed by atoms with Crippen molar-refractivity contribution in [3.63, 3.8) is 0 Å². The number of anilines is 1. The van der Waals surface area contributed by atoms with Crippen molar-refractivity contribution in [1.29, 1.82) is 0 Å². The third kappa shape index (κ3) is 4.09. The highest BCUT2D eigenvalue weighted by Gasteiger charge is 2.36. The molecule has 2 aromatic rings. The SMILES string of the molecule is COc1ncc(F)cc1Cc1ncc(NC(=O)C=C(C2CC2)C2CC2)s1. The molecule has 5 nitrogen and oxygen atoms in total. The van der Waals surface area contributed by atoms with Gasteiger partial charge >= 0.3 is 0 Å². The van der Waals surface area contributed by atoms with Gasteiger partial charge in [-0.15, -0.1) is 11.3 Å². The summed E-state index contributed by atoms with van der Waals surface area (Å²) in [6.07, 6.45) is 9.80. The molecule has 4 rings (SSSR count). The number of thiazole rings is 1. The second kappa shape index (κ2) is 7.15. The van der Waals surface area contributed by atoms with Gasteiger partial charge in [-0.2, -0.15) is 0 Å². The first-order valence-corrected chi connectivity index (χ1v) is 9.59. The minimum atomic E-state index is -0.413. The van der Waals surface area contributed by atoms with Crippen LogP contribution in [0, 0.1) is 17.7 Å². The van der Waals surface area contributed by atoms with Crippen molar-refractivity contribution in [2.24, 2.45) is 11.8 Å². The number of nitrogens with one attached hydrogen (secondary N) is 1. The number of hydrogen-bond donors (Lipinski definition) is 1. The highest BCUT2D eigenvalue weighted by molar-refractivity contribution is 7.15. The fraction of sp³-hybridized carbons (Fsp3) is 0.421. The van der Waals surface area contributed by atoms with Gasteiger partial charge in [0.2, 0.25) is 11.8 Å². The van der Waals surface area contributed by atoms with Gasteiger partial charge in [-0.25, -0.2) is 14.4 Å². The van der Waals surface area contributed by atoms with Crippen LogP contribution >= 0.6 is 11.3 Å². The van der Waals surface area contributed by atoms with Crippen LogP contribution in [0.4, 0.5) is 9.39 Å². The van der Waals surface area contributed by atoms with Gasteiger partial charge in [-0.05, 0) is 43.6 Å². The molecule has 0 aliphatic heterocycles. The smallest absolute Gasteiger partial charge is 0.248 e. The Morgan fingerprint density at radius 3 is 2.69 bits per heavy atom. The monoisotopic (exact) mass is 373 g/mol. The number of allylic oxidation sites excluding steroid dienone is 1. The average Bonchev–Trinajstić information content (AvgIpc) is 3.53. The molecule has 2 saturated carbocycles. The molecule has 0 unspecified atom stereocenters. The molecule has 2 aromatic heterocycles. The Morgan fingerprint density at radius 2 is 2.04 bits per heavy atom. The number of carbonyl (C=O) groups is 1. The first-order valence-electron chi connectivity index (χ1n) is 8.78. The van der Waals surface area contributed by atoms with Crippen LogP contribution in [-0.4, -0.2) is 23.0 Å². The van der Waals surface area contributed by atoms with E-state index in [1.165, 1.54) is 55.8 Å². The Hall–Kier alpha value is -2.28. The zero-order chi connectivity index (χ0) is 18.1. The summed E-state index contributed by atoms with van der Waals surface area (Å²) in [4.78, 5) is 20.6. The maximum Gasteiger partial charge on any atom is 0.248 e. The van der Waals surface area contributed by atoms with E-state index in [4.69, 9.17) is 4.74 Å². The van der Waals surface area contributed by atoms with Crippen LogP contribution < -0.4 is 10.1 Å². The zero-order valence-electron chi connectivity index (χ0n) is 14.5. The second-order valence-corrected chi connectivity index (χ2v) is 7.91. The van der Waals surface area contributed by atoms with Gasteiger partial charge in [0, 0.05) is 18.1 Å². The maximum atomic E-state index is 13.4. The van der Waals surface area contributed by atoms with Crippen LogP contribution in [0.25, 0.3) is 0 Å². The average molecular weight is 373 g/mol. The van der Waals surface area contributed by atoms with Crippen LogP contribution in [0.3, 0.4) is 0 Å². The van der Waals surface area contributed by atoms with Gasteiger partial charge in [0.1, 0.15) is 10.8 Å². The van der Waals surface area contributed by atoms with Gasteiger partial charge in [-0.3, -0.25) is 4.79 Å². The van der Waals surface area contributed by atoms with E-state index in [-0.39, 0.29) is 5.91 Å². The predicted molar refractivity (Wildman–Crippen MR) is 97.8 cm³/mol. The van der Waals surface area contributed by atoms with Crippen molar-refractivity contribution in [1.82, 2.24) is 9.97 Å². The molecule has 0 atom stereocenters. The van der Waals surface area contributed by atoms with Crippen molar-refractivity contribution >= 4 is 22.2 Å². The third-order valence-electron chi connectivity index (χ3n) is 4.62. The zero-order valence-corrected chi connectivity index (χ0v) is 15.3. The normalized spacial score (nSPS) is 16.2. The highest BCUT2D eigenvalue weighted by atomic mass is 32.1. The van der Waals surface area contributed by atoms with Crippen molar-refractivity contribution in [2.75, 3.05) is 12.4 Å². The van der Waals surface area contributed by atoms with Crippen LogP contribution in [0.15, 0.2) is 30.1 Å². The molecule has 2 aliphatic carbocycles. The molecule has 1 N–H and O–H groups in total. The lowest BCUT2D eigenvalue weighted by molar-refractivity contribution is -0.112. The predicted octanol–water partition coefficient (Wildman–Crippen LogP) is 3.96. The van der Waals surface area contributed by atoms with Crippen LogP contribution in [0.1, 0.15) is 36.3 Å². The number of aromatic nitrogens is 2. The van der Waals surface area contributed by atoms with Crippen LogP contribution in [0.5, 0.6) is 5.88 Å². The lowest BCUT2D eigenvalue weighted by Crippen LogP contribution is -2.09. The second-order valence-electron chi connectivity index (χ2n) is 6.80. The number of ether oxygens (including phenoxy) is 1. The molecule has 0 spiro atoms. The molecule has 136 valence electrons. The molecule has 7 heteroatoms. The third-order valence-corrected chi connectivity index (χ3v) is 5.53. The molecule has 26 heavy (non-hydrogen) atoms. The molecule has 0 aromatic carbocycles. The summed E-state index contributed by atoms with van der Waals surface area (Å²) in [6.45, 7) is 0. The van der Waals surface area contributed by atoms with Crippen molar-refractivity contribution in [3.8, 4) is 5.88 Å². The van der Waals surface area contributed by atoms with Crippen LogP contribution in [-0.2, 0) is 11.2 Å². The lowest BCUT2D eigenvalue weighted by Gasteiger charge is -2.05. The van der Waals surface area contributed by atoms with Gasteiger partial charge in [0.25, 0.3) is 0 Å². The number of pyridine rings is 1. The standard InChI is InChI=1S/C19H20FN3O2S/c1-25-19-13(6-14(20)9-22-19)7-17-21-10-18(26-17)23-16(24)8-15(11-2-3-11)12-4-5-12/h6,8-12H,2-5,7H2,1H3,(H,23,24). The number of hydrogen-bond acceptors (Lipinski definition) is 5. The molecular formula is C19H20FN3O2S. The Labute approximate surface area is 155 Å². The van der Waals surface area contributed by atoms with E-state index in [0.717, 1.165) is 11.2 Å². The van der Waals surface area contributed by atoms with E-state index in [2.05, 4.69) is 15.3 Å². The summed E-state index contributed by atoms with van der Waals surface area (Å²) in [5, 5.41) is 4.36. The Morgan fingerprint density at radius 1 is 1.31 bits per heavy atom. The number of carbonyl (C=O) groups excluding carboxylic acids is 1. The number of methoxy groups -OCH3 is 1. The molecule has 2 fully saturated rings. The largest absolute Gasteiger partial charge is 0.481 e. The van der Waals surface area contributed by atoms with E-state index in [1.54, 1.807) is 12.3 Å². The summed E-state index contributed by atoms with van der Waals surface area (Å²) in [5.74, 6) is 1.13. The minimum Gasteiger partial charge on any atom is -0.481 e. The summed E-state index contributed by atoms with van der Waals surface area (Å²) in [7, 11) is 1.50. The number of nitrogens with zero attached hydrogens (tertiary/aromatic N) is 2. The molecular weight excluding hydrogens is 353 g/mol. The first kappa shape index (κ1) is 17.1. The Kier molecular flexibility index (Phi) is 4.72. The van der Waals surface area contributed by atoms with E-state index >= 15 is 0 Å². The fourth-order valence-electron chi connectivity index (χ4n) is 3.10. The van der Waals surface area contributed by atoms with E-state index in [0.29, 0.717) is 34.7 Å². The van der Waals surface area contributed by atoms with Crippen molar-refractivity contribution in [2.45, 2.75) is 32.1 Å². The van der Waals surface area contributed by atoms with Gasteiger partial charge in [0.05, 0.1) is 24.5 Å². The molecule has 2 aliphatic rings. The Bertz CT molecular complexity index is 842. The molecule has 2 heterocycles. The quantitative estimate of drug-likeness (QED) is 0.746. The summed E-state index contributed by atoms with van der Waals surface area (Å²) >= 11 is 1.38. The molecule has 1 amide bonds. The number of amides is 1. The van der Waals surface area contributed by atoms with Crippen molar-refractivity contribution in [3.05, 3.63) is 46.5 Å². The van der Waals surface area contributed by atoms with Gasteiger partial charge < -0.3 is 10.1 Å². The van der Waals surface area contributed by atoms with E-state index in [9.17, 15) is 9.18 Å². The topological polar surface area (TPSA) is 64.1 Å². The number of halogens is 1. The first-order chi connectivity index (χ1) is 12.6. The van der Waals surface area contributed by atoms with Crippen molar-refractivity contribution < 1.29 is 13.9 Å². The Balaban J connectivity index is 1.42. The lowest BCUT2D eigenvalue weighted by atomic mass is 10.1. The highest BCUT2D eigenvalue weighted by Crippen LogP contribution is 2.48. The number of rotatable bonds is 7. The minimum absolute atomic E-state index is 0.0843. The van der Waals surface area contributed by atoms with Gasteiger partial charge in [0.15, 0.2) is 0 Å². The van der Waals surface area contributed by atoms with E-state index in [1.807, 2.05) is 0 Å². The molecule has 0 saturated heterocycles. The van der Waals surface area contributed by atoms with Crippen LogP contribution in [0.2, 0.25) is 0 Å².